The highest BCUT2D eigenvalue weighted by Crippen LogP contribution is 2.46. The normalized spacial score (nSPS) is 34.3. The van der Waals surface area contributed by atoms with Crippen molar-refractivity contribution in [1.82, 2.24) is 4.90 Å². The fraction of sp³-hybridized carbons (Fsp3) is 0.619. The van der Waals surface area contributed by atoms with E-state index >= 15 is 0 Å². The van der Waals surface area contributed by atoms with Crippen LogP contribution >= 0.6 is 0 Å². The summed E-state index contributed by atoms with van der Waals surface area (Å²) in [6.45, 7) is 11.6. The van der Waals surface area contributed by atoms with Gasteiger partial charge in [0.15, 0.2) is 0 Å². The van der Waals surface area contributed by atoms with Crippen LogP contribution in [0.3, 0.4) is 0 Å². The number of benzene rings is 1. The van der Waals surface area contributed by atoms with Gasteiger partial charge in [-0.1, -0.05) is 49.8 Å². The standard InChI is InChI=1S/C21H31NO2/c1-5-13-22-20(19(23)16-9-7-6-8-10-16)24-18-14-15(2)11-12-17(18)21(22,3)4/h5-10,15,17-20,23H,1,11-14H2,2-4H3/t15-,17-,18-,19+,20+/m1/s1. The van der Waals surface area contributed by atoms with Crippen molar-refractivity contribution in [2.75, 3.05) is 6.54 Å². The Balaban J connectivity index is 1.92. The highest BCUT2D eigenvalue weighted by atomic mass is 16.5. The average Bonchev–Trinajstić information content (AvgIpc) is 2.57. The van der Waals surface area contributed by atoms with Gasteiger partial charge in [-0.25, -0.2) is 0 Å². The Hall–Kier alpha value is -1.16. The van der Waals surface area contributed by atoms with Crippen molar-refractivity contribution in [3.8, 4) is 0 Å². The second-order valence-electron chi connectivity index (χ2n) is 8.04. The van der Waals surface area contributed by atoms with Crippen LogP contribution in [0.15, 0.2) is 43.0 Å². The molecule has 132 valence electrons. The summed E-state index contributed by atoms with van der Waals surface area (Å²) in [5.74, 6) is 1.20. The molecule has 24 heavy (non-hydrogen) atoms. The number of hydrogen-bond donors (Lipinski definition) is 1. The molecule has 1 aliphatic carbocycles. The van der Waals surface area contributed by atoms with Crippen LogP contribution in [-0.4, -0.2) is 34.4 Å². The van der Waals surface area contributed by atoms with E-state index in [2.05, 4.69) is 32.3 Å². The molecule has 1 aromatic carbocycles. The molecular weight excluding hydrogens is 298 g/mol. The summed E-state index contributed by atoms with van der Waals surface area (Å²) in [7, 11) is 0. The lowest BCUT2D eigenvalue weighted by Gasteiger charge is -2.58. The minimum atomic E-state index is -0.649. The summed E-state index contributed by atoms with van der Waals surface area (Å²) >= 11 is 0. The molecule has 0 spiro atoms. The molecule has 2 fully saturated rings. The molecule has 1 saturated heterocycles. The highest BCUT2D eigenvalue weighted by Gasteiger charge is 2.51. The van der Waals surface area contributed by atoms with E-state index in [4.69, 9.17) is 4.74 Å². The van der Waals surface area contributed by atoms with Crippen LogP contribution in [0.4, 0.5) is 0 Å². The van der Waals surface area contributed by atoms with Gasteiger partial charge in [0.1, 0.15) is 12.3 Å². The predicted octanol–water partition coefficient (Wildman–Crippen LogP) is 4.15. The number of nitrogens with zero attached hydrogens (tertiary/aromatic N) is 1. The Morgan fingerprint density at radius 1 is 1.33 bits per heavy atom. The molecule has 0 amide bonds. The zero-order valence-corrected chi connectivity index (χ0v) is 15.2. The number of fused-ring (bicyclic) bond motifs is 1. The van der Waals surface area contributed by atoms with Crippen molar-refractivity contribution in [2.24, 2.45) is 11.8 Å². The molecule has 1 aromatic rings. The molecule has 3 heteroatoms. The largest absolute Gasteiger partial charge is 0.384 e. The van der Waals surface area contributed by atoms with E-state index in [9.17, 15) is 5.11 Å². The molecule has 1 saturated carbocycles. The molecule has 2 aliphatic rings. The Labute approximate surface area is 146 Å². The lowest BCUT2D eigenvalue weighted by atomic mass is 9.69. The van der Waals surface area contributed by atoms with Gasteiger partial charge in [-0.2, -0.15) is 0 Å². The monoisotopic (exact) mass is 329 g/mol. The number of rotatable bonds is 4. The van der Waals surface area contributed by atoms with Crippen molar-refractivity contribution in [2.45, 2.75) is 64.0 Å². The molecule has 1 N–H and O–H groups in total. The van der Waals surface area contributed by atoms with Gasteiger partial charge >= 0.3 is 0 Å². The van der Waals surface area contributed by atoms with E-state index < -0.39 is 6.10 Å². The fourth-order valence-electron chi connectivity index (χ4n) is 4.62. The molecule has 5 atom stereocenters. The molecule has 0 radical (unpaired) electrons. The third-order valence-electron chi connectivity index (χ3n) is 6.06. The van der Waals surface area contributed by atoms with E-state index in [1.165, 1.54) is 12.8 Å². The second kappa shape index (κ2) is 6.99. The fourth-order valence-corrected chi connectivity index (χ4v) is 4.62. The predicted molar refractivity (Wildman–Crippen MR) is 97.5 cm³/mol. The molecule has 1 heterocycles. The Bertz CT molecular complexity index is 556. The van der Waals surface area contributed by atoms with Gasteiger partial charge in [0.25, 0.3) is 0 Å². The van der Waals surface area contributed by atoms with Gasteiger partial charge in [-0.3, -0.25) is 4.90 Å². The van der Waals surface area contributed by atoms with Crippen LogP contribution in [0.1, 0.15) is 51.7 Å². The molecule has 3 nitrogen and oxygen atoms in total. The first-order valence-corrected chi connectivity index (χ1v) is 9.21. The summed E-state index contributed by atoms with van der Waals surface area (Å²) in [6.07, 6.45) is 4.72. The van der Waals surface area contributed by atoms with E-state index in [1.54, 1.807) is 0 Å². The van der Waals surface area contributed by atoms with Gasteiger partial charge < -0.3 is 9.84 Å². The highest BCUT2D eigenvalue weighted by molar-refractivity contribution is 5.19. The van der Waals surface area contributed by atoms with Crippen LogP contribution in [0.2, 0.25) is 0 Å². The molecular formula is C21H31NO2. The minimum Gasteiger partial charge on any atom is -0.384 e. The van der Waals surface area contributed by atoms with E-state index in [0.717, 1.165) is 18.5 Å². The molecule has 1 aliphatic heterocycles. The molecule has 0 bridgehead atoms. The number of aliphatic hydroxyl groups is 1. The van der Waals surface area contributed by atoms with Crippen LogP contribution in [0.25, 0.3) is 0 Å². The lowest BCUT2D eigenvalue weighted by Crippen LogP contribution is -2.65. The summed E-state index contributed by atoms with van der Waals surface area (Å²) in [5.41, 5.74) is 0.896. The lowest BCUT2D eigenvalue weighted by molar-refractivity contribution is -0.258. The summed E-state index contributed by atoms with van der Waals surface area (Å²) in [6, 6.07) is 9.86. The molecule has 0 aromatic heterocycles. The first-order valence-electron chi connectivity index (χ1n) is 9.21. The van der Waals surface area contributed by atoms with Crippen LogP contribution in [0, 0.1) is 11.8 Å². The smallest absolute Gasteiger partial charge is 0.142 e. The van der Waals surface area contributed by atoms with Crippen LogP contribution in [-0.2, 0) is 4.74 Å². The number of aliphatic hydroxyl groups excluding tert-OH is 1. The first-order chi connectivity index (χ1) is 11.4. The van der Waals surface area contributed by atoms with E-state index in [1.807, 2.05) is 36.4 Å². The van der Waals surface area contributed by atoms with Gasteiger partial charge in [-0.05, 0) is 38.2 Å². The second-order valence-corrected chi connectivity index (χ2v) is 8.04. The quantitative estimate of drug-likeness (QED) is 0.843. The Morgan fingerprint density at radius 2 is 2.04 bits per heavy atom. The minimum absolute atomic E-state index is 0.0162. The van der Waals surface area contributed by atoms with Gasteiger partial charge in [0.2, 0.25) is 0 Å². The third kappa shape index (κ3) is 3.17. The number of hydrogen-bond acceptors (Lipinski definition) is 3. The van der Waals surface area contributed by atoms with Gasteiger partial charge in [0, 0.05) is 18.0 Å². The number of ether oxygens (including phenoxy) is 1. The Morgan fingerprint density at radius 3 is 2.71 bits per heavy atom. The van der Waals surface area contributed by atoms with Gasteiger partial charge in [0.05, 0.1) is 6.10 Å². The van der Waals surface area contributed by atoms with Crippen molar-refractivity contribution >= 4 is 0 Å². The van der Waals surface area contributed by atoms with Crippen molar-refractivity contribution in [3.05, 3.63) is 48.6 Å². The van der Waals surface area contributed by atoms with Crippen LogP contribution < -0.4 is 0 Å². The maximum Gasteiger partial charge on any atom is 0.142 e. The summed E-state index contributed by atoms with van der Waals surface area (Å²) < 4.78 is 6.51. The summed E-state index contributed by atoms with van der Waals surface area (Å²) in [5, 5.41) is 11.0. The maximum absolute atomic E-state index is 11.0. The van der Waals surface area contributed by atoms with E-state index in [0.29, 0.717) is 11.8 Å². The van der Waals surface area contributed by atoms with Gasteiger partial charge in [-0.15, -0.1) is 6.58 Å². The topological polar surface area (TPSA) is 32.7 Å². The summed E-state index contributed by atoms with van der Waals surface area (Å²) in [4.78, 5) is 2.30. The molecule has 3 rings (SSSR count). The SMILES string of the molecule is C=CCN1[C@H]([C@@H](O)c2ccccc2)O[C@@H]2C[C@H](C)CC[C@H]2C1(C)C. The average molecular weight is 329 g/mol. The van der Waals surface area contributed by atoms with E-state index in [-0.39, 0.29) is 17.9 Å². The zero-order valence-electron chi connectivity index (χ0n) is 15.2. The van der Waals surface area contributed by atoms with Crippen molar-refractivity contribution in [1.29, 1.82) is 0 Å². The first kappa shape index (κ1) is 17.7. The maximum atomic E-state index is 11.0. The Kier molecular flexibility index (Phi) is 5.14. The van der Waals surface area contributed by atoms with Crippen LogP contribution in [0.5, 0.6) is 0 Å². The molecule has 0 unspecified atom stereocenters. The van der Waals surface area contributed by atoms with Crippen molar-refractivity contribution < 1.29 is 9.84 Å². The third-order valence-corrected chi connectivity index (χ3v) is 6.06. The van der Waals surface area contributed by atoms with Crippen molar-refractivity contribution in [3.63, 3.8) is 0 Å². The zero-order chi connectivity index (χ0) is 17.3.